The van der Waals surface area contributed by atoms with Crippen LogP contribution in [-0.2, 0) is 5.41 Å². The van der Waals surface area contributed by atoms with Gasteiger partial charge in [-0.1, -0.05) is 84.0 Å². The molecular weight excluding hydrogens is 411 g/mol. The first kappa shape index (κ1) is 18.3. The highest BCUT2D eigenvalue weighted by Crippen LogP contribution is 2.61. The molecule has 2 aliphatic rings. The van der Waals surface area contributed by atoms with E-state index in [0.29, 0.717) is 10.5 Å². The van der Waals surface area contributed by atoms with Crippen molar-refractivity contribution in [1.29, 1.82) is 0 Å². The number of fused-ring (bicyclic) bond motifs is 9. The number of benzene rings is 4. The van der Waals surface area contributed by atoms with Crippen molar-refractivity contribution in [2.45, 2.75) is 15.2 Å². The molecule has 4 aromatic rings. The Morgan fingerprint density at radius 1 is 0.700 bits per heavy atom. The maximum atomic E-state index is 10.2. The summed E-state index contributed by atoms with van der Waals surface area (Å²) in [5, 5.41) is 21.0. The minimum Gasteiger partial charge on any atom is -0.423 e. The van der Waals surface area contributed by atoms with E-state index in [2.05, 4.69) is 60.7 Å². The van der Waals surface area contributed by atoms with Gasteiger partial charge in [0.05, 0.1) is 5.41 Å². The molecule has 0 bridgehead atoms. The molecule has 5 heteroatoms. The molecule has 6 rings (SSSR count). The van der Waals surface area contributed by atoms with E-state index >= 15 is 0 Å². The quantitative estimate of drug-likeness (QED) is 0.369. The Morgan fingerprint density at radius 3 is 2.23 bits per heavy atom. The first-order valence-corrected chi connectivity index (χ1v) is 11.0. The Bertz CT molecular complexity index is 1340. The Balaban J connectivity index is 1.86. The van der Waals surface area contributed by atoms with Gasteiger partial charge in [0.2, 0.25) is 0 Å². The van der Waals surface area contributed by atoms with Crippen molar-refractivity contribution in [2.24, 2.45) is 0 Å². The minimum atomic E-state index is -1.55. The summed E-state index contributed by atoms with van der Waals surface area (Å²) in [7, 11) is -1.55. The third kappa shape index (κ3) is 2.25. The van der Waals surface area contributed by atoms with Gasteiger partial charge in [-0.15, -0.1) is 0 Å². The molecule has 1 heterocycles. The van der Waals surface area contributed by atoms with Gasteiger partial charge in [-0.2, -0.15) is 0 Å². The van der Waals surface area contributed by atoms with Crippen LogP contribution in [0.15, 0.2) is 94.7 Å². The molecule has 1 atom stereocenters. The van der Waals surface area contributed by atoms with Crippen molar-refractivity contribution in [1.82, 2.24) is 0 Å². The van der Waals surface area contributed by atoms with Crippen LogP contribution in [0.1, 0.15) is 22.3 Å². The highest BCUT2D eigenvalue weighted by molar-refractivity contribution is 7.99. The Morgan fingerprint density at radius 2 is 1.40 bits per heavy atom. The summed E-state index contributed by atoms with van der Waals surface area (Å²) in [6, 6.07) is 28.7. The van der Waals surface area contributed by atoms with Gasteiger partial charge in [-0.05, 0) is 63.1 Å². The van der Waals surface area contributed by atoms with Crippen LogP contribution in [0, 0.1) is 0 Å². The van der Waals surface area contributed by atoms with Crippen LogP contribution in [0.5, 0.6) is 0 Å². The van der Waals surface area contributed by atoms with Gasteiger partial charge in [0, 0.05) is 14.8 Å². The molecule has 2 N–H and O–H groups in total. The fraction of sp³-hybridized carbons (Fsp3) is 0.0400. The maximum Gasteiger partial charge on any atom is 0.489 e. The summed E-state index contributed by atoms with van der Waals surface area (Å²) in [6.45, 7) is 0. The molecular formula is C25H16BClO2S. The lowest BCUT2D eigenvalue weighted by Crippen LogP contribution is -2.35. The first-order chi connectivity index (χ1) is 14.6. The average molecular weight is 427 g/mol. The van der Waals surface area contributed by atoms with Crippen LogP contribution in [-0.4, -0.2) is 17.2 Å². The fourth-order valence-electron chi connectivity index (χ4n) is 5.17. The second kappa shape index (κ2) is 6.50. The molecule has 0 fully saturated rings. The van der Waals surface area contributed by atoms with Gasteiger partial charge < -0.3 is 10.0 Å². The standard InChI is InChI=1S/C25H16BClO2S/c27-15-12-13-23-20(14-15)25(18-8-3-4-11-22(18)30-23)17-7-2-1-6-16(17)24-19(25)9-5-10-21(24)26(28)29/h1-14,28-29H. The lowest BCUT2D eigenvalue weighted by Gasteiger charge is -2.39. The molecule has 0 saturated carbocycles. The van der Waals surface area contributed by atoms with Crippen LogP contribution in [0.2, 0.25) is 5.02 Å². The summed E-state index contributed by atoms with van der Waals surface area (Å²) in [5.41, 5.74) is 6.43. The van der Waals surface area contributed by atoms with E-state index in [9.17, 15) is 10.0 Å². The molecule has 4 aromatic carbocycles. The largest absolute Gasteiger partial charge is 0.489 e. The van der Waals surface area contributed by atoms with Crippen molar-refractivity contribution in [2.75, 3.05) is 0 Å². The number of hydrogen-bond acceptors (Lipinski definition) is 3. The zero-order chi connectivity index (χ0) is 20.5. The monoisotopic (exact) mass is 426 g/mol. The van der Waals surface area contributed by atoms with E-state index in [4.69, 9.17) is 11.6 Å². The maximum absolute atomic E-state index is 10.2. The van der Waals surface area contributed by atoms with Crippen molar-refractivity contribution in [3.8, 4) is 11.1 Å². The third-order valence-electron chi connectivity index (χ3n) is 6.24. The highest BCUT2D eigenvalue weighted by Gasteiger charge is 2.51. The van der Waals surface area contributed by atoms with Gasteiger partial charge in [-0.25, -0.2) is 0 Å². The van der Waals surface area contributed by atoms with Gasteiger partial charge in [0.1, 0.15) is 0 Å². The molecule has 144 valence electrons. The summed E-state index contributed by atoms with van der Waals surface area (Å²) in [4.78, 5) is 2.36. The lowest BCUT2D eigenvalue weighted by molar-refractivity contribution is 0.426. The SMILES string of the molecule is OB(O)c1cccc2c1-c1ccccc1C21c2ccccc2Sc2ccc(Cl)cc21. The molecule has 1 spiro atoms. The topological polar surface area (TPSA) is 40.5 Å². The van der Waals surface area contributed by atoms with E-state index in [-0.39, 0.29) is 0 Å². The third-order valence-corrected chi connectivity index (χ3v) is 7.62. The van der Waals surface area contributed by atoms with E-state index in [1.807, 2.05) is 18.2 Å². The highest BCUT2D eigenvalue weighted by atomic mass is 35.5. The van der Waals surface area contributed by atoms with Crippen LogP contribution in [0.25, 0.3) is 11.1 Å². The summed E-state index contributed by atoms with van der Waals surface area (Å²) in [5.74, 6) is 0. The van der Waals surface area contributed by atoms with E-state index in [1.54, 1.807) is 17.8 Å². The molecule has 0 radical (unpaired) electrons. The zero-order valence-corrected chi connectivity index (χ0v) is 17.4. The molecule has 0 amide bonds. The predicted octanol–water partition coefficient (Wildman–Crippen LogP) is 4.85. The van der Waals surface area contributed by atoms with Crippen molar-refractivity contribution in [3.05, 3.63) is 112 Å². The van der Waals surface area contributed by atoms with Gasteiger partial charge in [0.25, 0.3) is 0 Å². The molecule has 0 aromatic heterocycles. The van der Waals surface area contributed by atoms with Crippen LogP contribution in [0.4, 0.5) is 0 Å². The lowest BCUT2D eigenvalue weighted by atomic mass is 9.66. The Hall–Kier alpha value is -2.50. The number of hydrogen-bond donors (Lipinski definition) is 2. The smallest absolute Gasteiger partial charge is 0.423 e. The predicted molar refractivity (Wildman–Crippen MR) is 123 cm³/mol. The molecule has 1 unspecified atom stereocenters. The number of halogens is 1. The Labute approximate surface area is 184 Å². The molecule has 1 aliphatic carbocycles. The van der Waals surface area contributed by atoms with Crippen molar-refractivity contribution >= 4 is 35.9 Å². The molecule has 30 heavy (non-hydrogen) atoms. The van der Waals surface area contributed by atoms with E-state index in [0.717, 1.165) is 32.7 Å². The zero-order valence-electron chi connectivity index (χ0n) is 15.8. The first-order valence-electron chi connectivity index (χ1n) is 9.79. The normalized spacial score (nSPS) is 17.8. The van der Waals surface area contributed by atoms with Crippen LogP contribution in [0.3, 0.4) is 0 Å². The second-order valence-electron chi connectivity index (χ2n) is 7.68. The number of rotatable bonds is 1. The Kier molecular flexibility index (Phi) is 3.96. The molecule has 2 nitrogen and oxygen atoms in total. The van der Waals surface area contributed by atoms with Crippen LogP contribution < -0.4 is 5.46 Å². The van der Waals surface area contributed by atoms with Crippen molar-refractivity contribution in [3.63, 3.8) is 0 Å². The van der Waals surface area contributed by atoms with Gasteiger partial charge in [0.15, 0.2) is 0 Å². The summed E-state index contributed by atoms with van der Waals surface area (Å²) >= 11 is 8.27. The molecule has 1 aliphatic heterocycles. The molecule has 0 saturated heterocycles. The second-order valence-corrected chi connectivity index (χ2v) is 9.20. The minimum absolute atomic E-state index is 0.524. The summed E-state index contributed by atoms with van der Waals surface area (Å²) < 4.78 is 0. The average Bonchev–Trinajstić information content (AvgIpc) is 3.06. The summed E-state index contributed by atoms with van der Waals surface area (Å²) in [6.07, 6.45) is 0. The van der Waals surface area contributed by atoms with Gasteiger partial charge >= 0.3 is 7.12 Å². The van der Waals surface area contributed by atoms with E-state index < -0.39 is 12.5 Å². The van der Waals surface area contributed by atoms with Crippen molar-refractivity contribution < 1.29 is 10.0 Å². The van der Waals surface area contributed by atoms with Gasteiger partial charge in [-0.3, -0.25) is 0 Å². The fourth-order valence-corrected chi connectivity index (χ4v) is 6.51. The van der Waals surface area contributed by atoms with E-state index in [1.165, 1.54) is 10.5 Å². The van der Waals surface area contributed by atoms with Crippen LogP contribution >= 0.6 is 23.4 Å².